The minimum absolute atomic E-state index is 0.527. The first kappa shape index (κ1) is 9.28. The average molecular weight is 207 g/mol. The Balaban J connectivity index is 2.67. The summed E-state index contributed by atoms with van der Waals surface area (Å²) in [4.78, 5) is 4.25. The molecule has 0 bridgehead atoms. The minimum Gasteiger partial charge on any atom is -0.370 e. The fourth-order valence-corrected chi connectivity index (χ4v) is 1.67. The summed E-state index contributed by atoms with van der Waals surface area (Å²) in [6, 6.07) is 9.94. The Morgan fingerprint density at radius 3 is 2.93 bits per heavy atom. The van der Waals surface area contributed by atoms with Gasteiger partial charge in [-0.1, -0.05) is 35.9 Å². The number of rotatable bonds is 2. The van der Waals surface area contributed by atoms with Crippen molar-refractivity contribution in [2.45, 2.75) is 6.92 Å². The van der Waals surface area contributed by atoms with E-state index in [1.165, 1.54) is 0 Å². The van der Waals surface area contributed by atoms with Gasteiger partial charge in [-0.05, 0) is 18.4 Å². The Kier molecular flexibility index (Phi) is 2.55. The van der Waals surface area contributed by atoms with Crippen molar-refractivity contribution in [1.82, 2.24) is 4.98 Å². The number of nitrogens with one attached hydrogen (secondary N) is 1. The fraction of sp³-hybridized carbons (Fsp3) is 0.182. The molecule has 1 aromatic carbocycles. The molecule has 0 unspecified atom stereocenters. The summed E-state index contributed by atoms with van der Waals surface area (Å²) in [7, 11) is 0. The van der Waals surface area contributed by atoms with Crippen molar-refractivity contribution < 1.29 is 0 Å². The molecule has 0 aliphatic heterocycles. The van der Waals surface area contributed by atoms with Gasteiger partial charge in [0.1, 0.15) is 11.0 Å². The third-order valence-corrected chi connectivity index (χ3v) is 2.25. The first-order chi connectivity index (χ1) is 6.81. The topological polar surface area (TPSA) is 24.9 Å². The van der Waals surface area contributed by atoms with Crippen LogP contribution < -0.4 is 5.32 Å². The number of hydrogen-bond acceptors (Lipinski definition) is 2. The molecular formula is C11H11ClN2. The van der Waals surface area contributed by atoms with E-state index in [4.69, 9.17) is 11.6 Å². The first-order valence-corrected chi connectivity index (χ1v) is 4.98. The van der Waals surface area contributed by atoms with Gasteiger partial charge in [-0.15, -0.1) is 0 Å². The molecule has 0 aliphatic carbocycles. The maximum absolute atomic E-state index is 5.91. The van der Waals surface area contributed by atoms with Gasteiger partial charge in [-0.3, -0.25) is 0 Å². The van der Waals surface area contributed by atoms with Gasteiger partial charge < -0.3 is 5.32 Å². The molecule has 0 radical (unpaired) electrons. The van der Waals surface area contributed by atoms with Gasteiger partial charge in [-0.2, -0.15) is 0 Å². The zero-order valence-corrected chi connectivity index (χ0v) is 8.67. The fourth-order valence-electron chi connectivity index (χ4n) is 1.47. The van der Waals surface area contributed by atoms with E-state index in [0.29, 0.717) is 5.15 Å². The Hall–Kier alpha value is -1.28. The summed E-state index contributed by atoms with van der Waals surface area (Å²) in [5.41, 5.74) is 0. The zero-order valence-electron chi connectivity index (χ0n) is 7.92. The summed E-state index contributed by atoms with van der Waals surface area (Å²) in [6.45, 7) is 2.88. The van der Waals surface area contributed by atoms with Crippen LogP contribution in [0.2, 0.25) is 5.15 Å². The maximum Gasteiger partial charge on any atom is 0.135 e. The van der Waals surface area contributed by atoms with Crippen LogP contribution in [-0.4, -0.2) is 11.5 Å². The Bertz CT molecular complexity index is 454. The van der Waals surface area contributed by atoms with Crippen LogP contribution in [0.1, 0.15) is 6.92 Å². The molecule has 1 aromatic heterocycles. The van der Waals surface area contributed by atoms with Gasteiger partial charge in [0.05, 0.1) is 0 Å². The van der Waals surface area contributed by atoms with E-state index in [0.717, 1.165) is 23.1 Å². The van der Waals surface area contributed by atoms with Crippen molar-refractivity contribution in [1.29, 1.82) is 0 Å². The lowest BCUT2D eigenvalue weighted by molar-refractivity contribution is 1.17. The highest BCUT2D eigenvalue weighted by molar-refractivity contribution is 6.30. The lowest BCUT2D eigenvalue weighted by Crippen LogP contribution is -1.99. The van der Waals surface area contributed by atoms with Crippen molar-refractivity contribution in [3.05, 3.63) is 35.5 Å². The zero-order chi connectivity index (χ0) is 9.97. The van der Waals surface area contributed by atoms with E-state index in [1.807, 2.05) is 37.3 Å². The van der Waals surface area contributed by atoms with Crippen LogP contribution in [0.15, 0.2) is 30.3 Å². The van der Waals surface area contributed by atoms with E-state index in [1.54, 1.807) is 0 Å². The summed E-state index contributed by atoms with van der Waals surface area (Å²) in [6.07, 6.45) is 0. The molecule has 0 saturated carbocycles. The van der Waals surface area contributed by atoms with Crippen LogP contribution in [0, 0.1) is 0 Å². The average Bonchev–Trinajstić information content (AvgIpc) is 2.18. The van der Waals surface area contributed by atoms with Crippen molar-refractivity contribution >= 4 is 28.2 Å². The predicted molar refractivity (Wildman–Crippen MR) is 60.9 cm³/mol. The van der Waals surface area contributed by atoms with Crippen molar-refractivity contribution in [2.24, 2.45) is 0 Å². The van der Waals surface area contributed by atoms with Crippen LogP contribution in [0.25, 0.3) is 10.8 Å². The number of anilines is 1. The molecule has 2 rings (SSSR count). The highest BCUT2D eigenvalue weighted by atomic mass is 35.5. The second kappa shape index (κ2) is 3.84. The van der Waals surface area contributed by atoms with Crippen LogP contribution >= 0.6 is 11.6 Å². The van der Waals surface area contributed by atoms with Crippen molar-refractivity contribution in [3.8, 4) is 0 Å². The number of fused-ring (bicyclic) bond motifs is 1. The second-order valence-electron chi connectivity index (χ2n) is 3.05. The number of nitrogens with zero attached hydrogens (tertiary/aromatic N) is 1. The molecule has 14 heavy (non-hydrogen) atoms. The molecule has 2 aromatic rings. The Morgan fingerprint density at radius 2 is 2.14 bits per heavy atom. The molecule has 0 saturated heterocycles. The van der Waals surface area contributed by atoms with Crippen LogP contribution in [0.3, 0.4) is 0 Å². The van der Waals surface area contributed by atoms with E-state index >= 15 is 0 Å². The number of benzene rings is 1. The predicted octanol–water partition coefficient (Wildman–Crippen LogP) is 3.32. The summed E-state index contributed by atoms with van der Waals surface area (Å²) in [5, 5.41) is 5.95. The SMILES string of the molecule is CCNc1nc(Cl)cc2ccccc12. The third kappa shape index (κ3) is 1.66. The summed E-state index contributed by atoms with van der Waals surface area (Å²) < 4.78 is 0. The number of hydrogen-bond donors (Lipinski definition) is 1. The van der Waals surface area contributed by atoms with Gasteiger partial charge in [0.2, 0.25) is 0 Å². The van der Waals surface area contributed by atoms with E-state index < -0.39 is 0 Å². The number of halogens is 1. The van der Waals surface area contributed by atoms with Gasteiger partial charge in [0.25, 0.3) is 0 Å². The lowest BCUT2D eigenvalue weighted by Gasteiger charge is -2.06. The van der Waals surface area contributed by atoms with Gasteiger partial charge in [-0.25, -0.2) is 4.98 Å². The Morgan fingerprint density at radius 1 is 1.36 bits per heavy atom. The molecule has 3 heteroatoms. The largest absolute Gasteiger partial charge is 0.370 e. The molecule has 0 fully saturated rings. The quantitative estimate of drug-likeness (QED) is 0.763. The first-order valence-electron chi connectivity index (χ1n) is 4.60. The lowest BCUT2D eigenvalue weighted by atomic mass is 10.1. The van der Waals surface area contributed by atoms with Gasteiger partial charge >= 0.3 is 0 Å². The normalized spacial score (nSPS) is 10.4. The van der Waals surface area contributed by atoms with Crippen LogP contribution in [0.4, 0.5) is 5.82 Å². The molecule has 0 atom stereocenters. The van der Waals surface area contributed by atoms with E-state index in [-0.39, 0.29) is 0 Å². The van der Waals surface area contributed by atoms with E-state index in [2.05, 4.69) is 10.3 Å². The molecule has 2 nitrogen and oxygen atoms in total. The number of aromatic nitrogens is 1. The van der Waals surface area contributed by atoms with Gasteiger partial charge in [0, 0.05) is 11.9 Å². The molecule has 0 amide bonds. The van der Waals surface area contributed by atoms with Gasteiger partial charge in [0.15, 0.2) is 0 Å². The second-order valence-corrected chi connectivity index (χ2v) is 3.43. The highest BCUT2D eigenvalue weighted by Gasteiger charge is 2.02. The molecule has 1 N–H and O–H groups in total. The molecule has 72 valence electrons. The van der Waals surface area contributed by atoms with Crippen molar-refractivity contribution in [2.75, 3.05) is 11.9 Å². The van der Waals surface area contributed by atoms with Crippen LogP contribution in [0.5, 0.6) is 0 Å². The Labute approximate surface area is 87.9 Å². The molecule has 1 heterocycles. The standard InChI is InChI=1S/C11H11ClN2/c1-2-13-11-9-6-4-3-5-8(9)7-10(12)14-11/h3-7H,2H2,1H3,(H,13,14). The summed E-state index contributed by atoms with van der Waals surface area (Å²) in [5.74, 6) is 0.857. The monoisotopic (exact) mass is 206 g/mol. The van der Waals surface area contributed by atoms with Crippen molar-refractivity contribution in [3.63, 3.8) is 0 Å². The number of pyridine rings is 1. The molecule has 0 aliphatic rings. The highest BCUT2D eigenvalue weighted by Crippen LogP contribution is 2.24. The summed E-state index contributed by atoms with van der Waals surface area (Å²) >= 11 is 5.91. The molecular weight excluding hydrogens is 196 g/mol. The maximum atomic E-state index is 5.91. The van der Waals surface area contributed by atoms with E-state index in [9.17, 15) is 0 Å². The molecule has 0 spiro atoms. The minimum atomic E-state index is 0.527. The smallest absolute Gasteiger partial charge is 0.135 e. The van der Waals surface area contributed by atoms with Crippen LogP contribution in [-0.2, 0) is 0 Å². The third-order valence-electron chi connectivity index (χ3n) is 2.05.